The minimum Gasteiger partial charge on any atom is -0.504 e. The Morgan fingerprint density at radius 3 is 2.67 bits per heavy atom. The molecule has 0 saturated carbocycles. The lowest BCUT2D eigenvalue weighted by atomic mass is 10.2. The number of phenolic OH excluding ortho intramolecular Hbond substituents is 1. The highest BCUT2D eigenvalue weighted by atomic mass is 16.5. The molecule has 0 spiro atoms. The third-order valence-corrected chi connectivity index (χ3v) is 4.90. The number of nitrogens with one attached hydrogen (secondary N) is 1. The number of hydrogen-bond donors (Lipinski definition) is 2. The molecular formula is C25H22N2O3. The molecule has 0 aliphatic heterocycles. The van der Waals surface area contributed by atoms with Crippen molar-refractivity contribution in [1.29, 1.82) is 0 Å². The van der Waals surface area contributed by atoms with Crippen molar-refractivity contribution < 1.29 is 14.6 Å². The number of carbonyl (C=O) groups is 1. The van der Waals surface area contributed by atoms with Crippen LogP contribution in [0, 0.1) is 0 Å². The van der Waals surface area contributed by atoms with Crippen molar-refractivity contribution >= 4 is 28.6 Å². The van der Waals surface area contributed by atoms with Crippen LogP contribution in [0.3, 0.4) is 0 Å². The third kappa shape index (κ3) is 4.20. The molecule has 0 saturated heterocycles. The van der Waals surface area contributed by atoms with Crippen molar-refractivity contribution in [2.24, 2.45) is 0 Å². The van der Waals surface area contributed by atoms with Crippen LogP contribution in [0.15, 0.2) is 85.1 Å². The summed E-state index contributed by atoms with van der Waals surface area (Å²) in [4.78, 5) is 12.4. The maximum atomic E-state index is 12.4. The second-order valence-corrected chi connectivity index (χ2v) is 6.92. The van der Waals surface area contributed by atoms with Crippen LogP contribution in [-0.2, 0) is 11.3 Å². The summed E-state index contributed by atoms with van der Waals surface area (Å²) in [6.07, 6.45) is 5.12. The highest BCUT2D eigenvalue weighted by molar-refractivity contribution is 6.07. The molecule has 30 heavy (non-hydrogen) atoms. The first-order chi connectivity index (χ1) is 14.6. The van der Waals surface area contributed by atoms with Crippen LogP contribution in [0.2, 0.25) is 0 Å². The van der Waals surface area contributed by atoms with E-state index in [4.69, 9.17) is 4.74 Å². The van der Waals surface area contributed by atoms with Crippen molar-refractivity contribution in [2.75, 3.05) is 12.4 Å². The topological polar surface area (TPSA) is 63.5 Å². The number of hydrogen-bond acceptors (Lipinski definition) is 3. The highest BCUT2D eigenvalue weighted by Gasteiger charge is 2.08. The van der Waals surface area contributed by atoms with Crippen LogP contribution in [0.25, 0.3) is 17.0 Å². The van der Waals surface area contributed by atoms with Gasteiger partial charge in [0.25, 0.3) is 0 Å². The predicted molar refractivity (Wildman–Crippen MR) is 120 cm³/mol. The molecule has 0 radical (unpaired) electrons. The van der Waals surface area contributed by atoms with Gasteiger partial charge in [0.15, 0.2) is 11.5 Å². The molecule has 0 aliphatic carbocycles. The van der Waals surface area contributed by atoms with E-state index in [1.165, 1.54) is 18.7 Å². The Balaban J connectivity index is 1.51. The van der Waals surface area contributed by atoms with E-state index in [0.29, 0.717) is 11.3 Å². The van der Waals surface area contributed by atoms with Gasteiger partial charge in [0.2, 0.25) is 5.91 Å². The van der Waals surface area contributed by atoms with Gasteiger partial charge in [-0.15, -0.1) is 0 Å². The molecule has 0 unspecified atom stereocenters. The minimum absolute atomic E-state index is 0.0320. The van der Waals surface area contributed by atoms with E-state index < -0.39 is 0 Å². The van der Waals surface area contributed by atoms with Gasteiger partial charge in [-0.3, -0.25) is 4.79 Å². The number of phenols is 1. The van der Waals surface area contributed by atoms with Crippen molar-refractivity contribution in [2.45, 2.75) is 6.54 Å². The average molecular weight is 398 g/mol. The molecule has 3 aromatic carbocycles. The Labute approximate surface area is 174 Å². The van der Waals surface area contributed by atoms with E-state index in [0.717, 1.165) is 23.1 Å². The van der Waals surface area contributed by atoms with Crippen LogP contribution in [0.4, 0.5) is 5.69 Å². The van der Waals surface area contributed by atoms with Crippen molar-refractivity contribution in [3.8, 4) is 11.5 Å². The summed E-state index contributed by atoms with van der Waals surface area (Å²) in [6, 6.07) is 23.1. The molecule has 4 aromatic rings. The summed E-state index contributed by atoms with van der Waals surface area (Å²) < 4.78 is 7.19. The fourth-order valence-electron chi connectivity index (χ4n) is 3.41. The normalized spacial score (nSPS) is 11.1. The highest BCUT2D eigenvalue weighted by Crippen LogP contribution is 2.27. The second kappa shape index (κ2) is 8.57. The van der Waals surface area contributed by atoms with Gasteiger partial charge in [0.1, 0.15) is 0 Å². The van der Waals surface area contributed by atoms with Gasteiger partial charge in [0, 0.05) is 24.2 Å². The van der Waals surface area contributed by atoms with Gasteiger partial charge in [-0.05, 0) is 47.5 Å². The summed E-state index contributed by atoms with van der Waals surface area (Å²) in [7, 11) is 1.49. The number of benzene rings is 3. The molecule has 150 valence electrons. The van der Waals surface area contributed by atoms with Crippen molar-refractivity contribution in [3.63, 3.8) is 0 Å². The monoisotopic (exact) mass is 398 g/mol. The largest absolute Gasteiger partial charge is 0.504 e. The first kappa shape index (κ1) is 19.3. The summed E-state index contributed by atoms with van der Waals surface area (Å²) in [5, 5.41) is 13.8. The molecule has 1 aromatic heterocycles. The third-order valence-electron chi connectivity index (χ3n) is 4.90. The smallest absolute Gasteiger partial charge is 0.248 e. The lowest BCUT2D eigenvalue weighted by Crippen LogP contribution is -2.08. The maximum Gasteiger partial charge on any atom is 0.248 e. The van der Waals surface area contributed by atoms with Crippen molar-refractivity contribution in [1.82, 2.24) is 4.57 Å². The Morgan fingerprint density at radius 2 is 1.90 bits per heavy atom. The van der Waals surface area contributed by atoms with Crippen LogP contribution >= 0.6 is 0 Å². The van der Waals surface area contributed by atoms with Crippen LogP contribution in [0.1, 0.15) is 11.1 Å². The molecule has 1 heterocycles. The number of aromatic hydroxyl groups is 1. The Hall–Kier alpha value is -3.99. The average Bonchev–Trinajstić information content (AvgIpc) is 3.17. The zero-order chi connectivity index (χ0) is 20.9. The zero-order valence-corrected chi connectivity index (χ0v) is 16.6. The molecule has 5 heteroatoms. The number of ether oxygens (including phenoxy) is 1. The number of methoxy groups -OCH3 is 1. The number of rotatable bonds is 6. The van der Waals surface area contributed by atoms with E-state index in [1.54, 1.807) is 24.3 Å². The zero-order valence-electron chi connectivity index (χ0n) is 16.6. The second-order valence-electron chi connectivity index (χ2n) is 6.92. The van der Waals surface area contributed by atoms with E-state index in [9.17, 15) is 9.90 Å². The lowest BCUT2D eigenvalue weighted by Gasteiger charge is -2.08. The molecule has 0 atom stereocenters. The van der Waals surface area contributed by atoms with E-state index in [1.807, 2.05) is 48.7 Å². The molecule has 1 amide bonds. The number of fused-ring (bicyclic) bond motifs is 1. The molecule has 0 fully saturated rings. The molecule has 0 aliphatic rings. The fourth-order valence-corrected chi connectivity index (χ4v) is 3.41. The molecular weight excluding hydrogens is 376 g/mol. The number of carbonyl (C=O) groups excluding carboxylic acids is 1. The van der Waals surface area contributed by atoms with E-state index >= 15 is 0 Å². The van der Waals surface area contributed by atoms with Gasteiger partial charge in [-0.1, -0.05) is 42.5 Å². The summed E-state index contributed by atoms with van der Waals surface area (Å²) in [6.45, 7) is 0.766. The minimum atomic E-state index is -0.242. The molecule has 4 rings (SSSR count). The summed E-state index contributed by atoms with van der Waals surface area (Å²) in [5.74, 6) is 0.182. The quantitative estimate of drug-likeness (QED) is 0.447. The van der Waals surface area contributed by atoms with Crippen molar-refractivity contribution in [3.05, 3.63) is 96.2 Å². The van der Waals surface area contributed by atoms with Crippen LogP contribution in [-0.4, -0.2) is 22.7 Å². The van der Waals surface area contributed by atoms with Crippen LogP contribution < -0.4 is 10.1 Å². The lowest BCUT2D eigenvalue weighted by molar-refractivity contribution is -0.111. The number of amides is 1. The maximum absolute atomic E-state index is 12.4. The molecule has 5 nitrogen and oxygen atoms in total. The predicted octanol–water partition coefficient (Wildman–Crippen LogP) is 5.06. The molecule has 0 bridgehead atoms. The number of nitrogens with zero attached hydrogens (tertiary/aromatic N) is 1. The first-order valence-electron chi connectivity index (χ1n) is 9.62. The van der Waals surface area contributed by atoms with Gasteiger partial charge >= 0.3 is 0 Å². The Morgan fingerprint density at radius 1 is 1.07 bits per heavy atom. The number of aromatic nitrogens is 1. The van der Waals surface area contributed by atoms with Gasteiger partial charge in [-0.2, -0.15) is 0 Å². The fraction of sp³-hybridized carbons (Fsp3) is 0.0800. The summed E-state index contributed by atoms with van der Waals surface area (Å²) >= 11 is 0. The first-order valence-corrected chi connectivity index (χ1v) is 9.62. The van der Waals surface area contributed by atoms with Gasteiger partial charge in [-0.25, -0.2) is 0 Å². The van der Waals surface area contributed by atoms with Gasteiger partial charge < -0.3 is 19.7 Å². The van der Waals surface area contributed by atoms with Crippen LogP contribution in [0.5, 0.6) is 11.5 Å². The standard InChI is InChI=1S/C25H22N2O3/c1-30-24-12-10-18(16-23(24)28)11-13-25(29)26-21-8-5-9-22-20(21)14-15-27(22)17-19-6-3-2-4-7-19/h2-16,28H,17H2,1H3,(H,26,29). The SMILES string of the molecule is COc1ccc(C=CC(=O)Nc2cccc3c2ccn3Cc2ccccc2)cc1O. The Kier molecular flexibility index (Phi) is 5.52. The number of anilines is 1. The Bertz CT molecular complexity index is 1210. The molecule has 2 N–H and O–H groups in total. The summed E-state index contributed by atoms with van der Waals surface area (Å²) in [5.41, 5.74) is 3.73. The van der Waals surface area contributed by atoms with E-state index in [2.05, 4.69) is 22.0 Å². The van der Waals surface area contributed by atoms with Gasteiger partial charge in [0.05, 0.1) is 18.3 Å². The van der Waals surface area contributed by atoms with E-state index in [-0.39, 0.29) is 11.7 Å².